The number of aryl methyl sites for hydroxylation is 1. The van der Waals surface area contributed by atoms with Gasteiger partial charge in [-0.05, 0) is 29.7 Å². The topological polar surface area (TPSA) is 55.2 Å². The average molecular weight is 274 g/mol. The van der Waals surface area contributed by atoms with Crippen LogP contribution in [0.25, 0.3) is 0 Å². The molecule has 2 aromatic rings. The van der Waals surface area contributed by atoms with Crippen LogP contribution < -0.4 is 5.32 Å². The van der Waals surface area contributed by atoms with Crippen molar-refractivity contribution in [2.45, 2.75) is 20.0 Å². The number of non-ortho nitro benzene ring substituents is 1. The first kappa shape index (κ1) is 14.1. The molecule has 2 aromatic carbocycles. The van der Waals surface area contributed by atoms with Crippen molar-refractivity contribution >= 4 is 5.69 Å². The fraction of sp³-hybridized carbons (Fsp3) is 0.200. The van der Waals surface area contributed by atoms with Crippen LogP contribution in [0.4, 0.5) is 10.1 Å². The summed E-state index contributed by atoms with van der Waals surface area (Å²) in [5, 5.41) is 13.9. The van der Waals surface area contributed by atoms with E-state index < -0.39 is 4.92 Å². The first-order valence-corrected chi connectivity index (χ1v) is 6.25. The first-order valence-electron chi connectivity index (χ1n) is 6.25. The van der Waals surface area contributed by atoms with Crippen LogP contribution in [0, 0.1) is 22.9 Å². The number of nitrogens with zero attached hydrogens (tertiary/aromatic N) is 1. The van der Waals surface area contributed by atoms with Gasteiger partial charge in [0.2, 0.25) is 0 Å². The molecule has 0 aliphatic rings. The third-order valence-corrected chi connectivity index (χ3v) is 3.00. The van der Waals surface area contributed by atoms with E-state index in [1.54, 1.807) is 31.2 Å². The van der Waals surface area contributed by atoms with E-state index in [1.807, 2.05) is 6.07 Å². The predicted octanol–water partition coefficient (Wildman–Crippen LogP) is 3.33. The van der Waals surface area contributed by atoms with Crippen LogP contribution in [0.15, 0.2) is 42.5 Å². The minimum atomic E-state index is -0.410. The smallest absolute Gasteiger partial charge is 0.269 e. The minimum absolute atomic E-state index is 0.0851. The van der Waals surface area contributed by atoms with Gasteiger partial charge in [-0.3, -0.25) is 10.1 Å². The summed E-state index contributed by atoms with van der Waals surface area (Å²) in [6, 6.07) is 11.5. The number of nitro benzene ring substituents is 1. The Morgan fingerprint density at radius 2 is 1.85 bits per heavy atom. The van der Waals surface area contributed by atoms with E-state index in [0.717, 1.165) is 11.1 Å². The fourth-order valence-electron chi connectivity index (χ4n) is 1.95. The number of halogens is 1. The molecule has 0 aliphatic carbocycles. The molecule has 0 unspecified atom stereocenters. The Morgan fingerprint density at radius 3 is 2.50 bits per heavy atom. The molecular weight excluding hydrogens is 259 g/mol. The van der Waals surface area contributed by atoms with Crippen molar-refractivity contribution in [3.8, 4) is 0 Å². The van der Waals surface area contributed by atoms with E-state index in [9.17, 15) is 14.5 Å². The molecule has 0 amide bonds. The molecule has 5 heteroatoms. The number of nitro groups is 1. The standard InChI is InChI=1S/C15H15FN2O2/c1-11-7-13(5-6-15(11)16)10-17-9-12-3-2-4-14(8-12)18(19)20/h2-8,17H,9-10H2,1H3. The Morgan fingerprint density at radius 1 is 1.15 bits per heavy atom. The summed E-state index contributed by atoms with van der Waals surface area (Å²) in [5.74, 6) is -0.215. The molecular formula is C15H15FN2O2. The number of nitrogens with one attached hydrogen (secondary N) is 1. The van der Waals surface area contributed by atoms with Gasteiger partial charge in [-0.1, -0.05) is 24.3 Å². The maximum Gasteiger partial charge on any atom is 0.269 e. The van der Waals surface area contributed by atoms with Crippen LogP contribution in [0.2, 0.25) is 0 Å². The predicted molar refractivity (Wildman–Crippen MR) is 74.8 cm³/mol. The molecule has 4 nitrogen and oxygen atoms in total. The zero-order valence-corrected chi connectivity index (χ0v) is 11.1. The second kappa shape index (κ2) is 6.25. The SMILES string of the molecule is Cc1cc(CNCc2cccc([N+](=O)[O-])c2)ccc1F. The molecule has 0 saturated heterocycles. The van der Waals surface area contributed by atoms with Gasteiger partial charge in [0.05, 0.1) is 4.92 Å². The molecule has 0 heterocycles. The zero-order valence-electron chi connectivity index (χ0n) is 11.1. The molecule has 2 rings (SSSR count). The lowest BCUT2D eigenvalue weighted by atomic mass is 10.1. The van der Waals surface area contributed by atoms with Gasteiger partial charge in [-0.2, -0.15) is 0 Å². The largest absolute Gasteiger partial charge is 0.309 e. The maximum atomic E-state index is 13.1. The Kier molecular flexibility index (Phi) is 4.42. The third kappa shape index (κ3) is 3.61. The van der Waals surface area contributed by atoms with Gasteiger partial charge in [0.25, 0.3) is 5.69 Å². The van der Waals surface area contributed by atoms with Crippen molar-refractivity contribution in [2.24, 2.45) is 0 Å². The fourth-order valence-corrected chi connectivity index (χ4v) is 1.95. The molecule has 0 radical (unpaired) electrons. The van der Waals surface area contributed by atoms with Crippen LogP contribution in [-0.2, 0) is 13.1 Å². The normalized spacial score (nSPS) is 10.5. The molecule has 0 fully saturated rings. The van der Waals surface area contributed by atoms with Crippen molar-refractivity contribution < 1.29 is 9.31 Å². The third-order valence-electron chi connectivity index (χ3n) is 3.00. The highest BCUT2D eigenvalue weighted by molar-refractivity contribution is 5.34. The van der Waals surface area contributed by atoms with Crippen molar-refractivity contribution in [3.05, 3.63) is 75.1 Å². The minimum Gasteiger partial charge on any atom is -0.309 e. The van der Waals surface area contributed by atoms with Gasteiger partial charge in [-0.15, -0.1) is 0 Å². The summed E-state index contributed by atoms with van der Waals surface area (Å²) in [6.45, 7) is 2.83. The van der Waals surface area contributed by atoms with Crippen LogP contribution in [0.5, 0.6) is 0 Å². The highest BCUT2D eigenvalue weighted by Gasteiger charge is 2.05. The molecule has 0 saturated carbocycles. The monoisotopic (exact) mass is 274 g/mol. The second-order valence-corrected chi connectivity index (χ2v) is 4.61. The molecule has 0 aromatic heterocycles. The highest BCUT2D eigenvalue weighted by Crippen LogP contribution is 2.13. The molecule has 0 bridgehead atoms. The number of benzene rings is 2. The number of hydrogen-bond donors (Lipinski definition) is 1. The van der Waals surface area contributed by atoms with Gasteiger partial charge in [0, 0.05) is 25.2 Å². The van der Waals surface area contributed by atoms with Crippen molar-refractivity contribution in [3.63, 3.8) is 0 Å². The van der Waals surface area contributed by atoms with Gasteiger partial charge in [-0.25, -0.2) is 4.39 Å². The summed E-state index contributed by atoms with van der Waals surface area (Å²) in [7, 11) is 0. The first-order chi connectivity index (χ1) is 9.56. The average Bonchev–Trinajstić information content (AvgIpc) is 2.43. The van der Waals surface area contributed by atoms with Gasteiger partial charge >= 0.3 is 0 Å². The summed E-state index contributed by atoms with van der Waals surface area (Å²) < 4.78 is 13.1. The Hall–Kier alpha value is -2.27. The number of rotatable bonds is 5. The summed E-state index contributed by atoms with van der Waals surface area (Å²) in [6.07, 6.45) is 0. The molecule has 0 aliphatic heterocycles. The van der Waals surface area contributed by atoms with E-state index >= 15 is 0 Å². The molecule has 104 valence electrons. The van der Waals surface area contributed by atoms with Gasteiger partial charge in [0.1, 0.15) is 5.82 Å². The molecule has 1 N–H and O–H groups in total. The summed E-state index contributed by atoms with van der Waals surface area (Å²) in [5.41, 5.74) is 2.52. The lowest BCUT2D eigenvalue weighted by Gasteiger charge is -2.06. The van der Waals surface area contributed by atoms with E-state index in [0.29, 0.717) is 18.7 Å². The quantitative estimate of drug-likeness (QED) is 0.672. The van der Waals surface area contributed by atoms with Gasteiger partial charge in [0.15, 0.2) is 0 Å². The zero-order chi connectivity index (χ0) is 14.5. The summed E-state index contributed by atoms with van der Waals surface area (Å²) >= 11 is 0. The van der Waals surface area contributed by atoms with Crippen LogP contribution >= 0.6 is 0 Å². The molecule has 20 heavy (non-hydrogen) atoms. The van der Waals surface area contributed by atoms with E-state index in [2.05, 4.69) is 5.32 Å². The van der Waals surface area contributed by atoms with E-state index in [4.69, 9.17) is 0 Å². The number of hydrogen-bond acceptors (Lipinski definition) is 3. The molecule has 0 atom stereocenters. The summed E-state index contributed by atoms with van der Waals surface area (Å²) in [4.78, 5) is 10.3. The van der Waals surface area contributed by atoms with Crippen molar-refractivity contribution in [1.82, 2.24) is 5.32 Å². The van der Waals surface area contributed by atoms with Crippen LogP contribution in [-0.4, -0.2) is 4.92 Å². The van der Waals surface area contributed by atoms with Crippen LogP contribution in [0.3, 0.4) is 0 Å². The van der Waals surface area contributed by atoms with Gasteiger partial charge < -0.3 is 5.32 Å². The van der Waals surface area contributed by atoms with E-state index in [-0.39, 0.29) is 11.5 Å². The highest BCUT2D eigenvalue weighted by atomic mass is 19.1. The van der Waals surface area contributed by atoms with Crippen LogP contribution in [0.1, 0.15) is 16.7 Å². The second-order valence-electron chi connectivity index (χ2n) is 4.61. The lowest BCUT2D eigenvalue weighted by Crippen LogP contribution is -2.13. The van der Waals surface area contributed by atoms with Crippen molar-refractivity contribution in [1.29, 1.82) is 0 Å². The maximum absolute atomic E-state index is 13.1. The Balaban J connectivity index is 1.94. The van der Waals surface area contributed by atoms with E-state index in [1.165, 1.54) is 12.1 Å². The Labute approximate surface area is 116 Å². The lowest BCUT2D eigenvalue weighted by molar-refractivity contribution is -0.384. The molecule has 0 spiro atoms. The van der Waals surface area contributed by atoms with Crippen molar-refractivity contribution in [2.75, 3.05) is 0 Å². The Bertz CT molecular complexity index is 629.